The first-order valence-electron chi connectivity index (χ1n) is 6.42. The number of carbonyl (C=O) groups is 1. The lowest BCUT2D eigenvalue weighted by atomic mass is 10.1. The van der Waals surface area contributed by atoms with Crippen LogP contribution in [0.2, 0.25) is 5.02 Å². The number of benzene rings is 1. The van der Waals surface area contributed by atoms with Crippen molar-refractivity contribution in [3.8, 4) is 0 Å². The van der Waals surface area contributed by atoms with Gasteiger partial charge in [-0.1, -0.05) is 23.7 Å². The number of hydrogen-bond acceptors (Lipinski definition) is 4. The molecule has 0 atom stereocenters. The first-order valence-corrected chi connectivity index (χ1v) is 6.80. The Labute approximate surface area is 125 Å². The average molecular weight is 302 g/mol. The number of amides is 1. The molecule has 0 aliphatic rings. The molecule has 7 heteroatoms. The van der Waals surface area contributed by atoms with E-state index in [0.717, 1.165) is 5.56 Å². The largest absolute Gasteiger partial charge is 0.293 e. The van der Waals surface area contributed by atoms with E-state index in [-0.39, 0.29) is 11.9 Å². The molecule has 3 aromatic rings. The van der Waals surface area contributed by atoms with Crippen molar-refractivity contribution in [3.63, 3.8) is 0 Å². The molecule has 0 unspecified atom stereocenters. The number of aromatic nitrogens is 4. The maximum Gasteiger partial charge on any atom is 0.253 e. The summed E-state index contributed by atoms with van der Waals surface area (Å²) in [6, 6.07) is 9.20. The lowest BCUT2D eigenvalue weighted by Gasteiger charge is -2.02. The fraction of sp³-hybridized carbons (Fsp3) is 0.143. The maximum absolute atomic E-state index is 11.9. The van der Waals surface area contributed by atoms with E-state index in [9.17, 15) is 4.79 Å². The number of nitrogens with one attached hydrogen (secondary N) is 1. The van der Waals surface area contributed by atoms with Gasteiger partial charge in [-0.15, -0.1) is 5.10 Å². The molecule has 0 aliphatic heterocycles. The molecule has 3 rings (SSSR count). The highest BCUT2D eigenvalue weighted by Crippen LogP contribution is 2.12. The number of fused-ring (bicyclic) bond motifs is 1. The third kappa shape index (κ3) is 3.35. The van der Waals surface area contributed by atoms with Gasteiger partial charge >= 0.3 is 0 Å². The van der Waals surface area contributed by atoms with Crippen molar-refractivity contribution in [2.75, 3.05) is 5.32 Å². The summed E-state index contributed by atoms with van der Waals surface area (Å²) in [6.45, 7) is 0. The summed E-state index contributed by atoms with van der Waals surface area (Å²) in [4.78, 5) is 20.0. The van der Waals surface area contributed by atoms with Gasteiger partial charge in [0, 0.05) is 23.8 Å². The van der Waals surface area contributed by atoms with Gasteiger partial charge in [-0.05, 0) is 30.2 Å². The minimum Gasteiger partial charge on any atom is -0.293 e. The predicted molar refractivity (Wildman–Crippen MR) is 79.2 cm³/mol. The summed E-state index contributed by atoms with van der Waals surface area (Å²) in [5.74, 6) is 0.554. The number of aryl methyl sites for hydroxylation is 1. The Hall–Kier alpha value is -2.47. The zero-order chi connectivity index (χ0) is 14.7. The Bertz CT molecular complexity index is 753. The van der Waals surface area contributed by atoms with E-state index in [1.807, 2.05) is 18.2 Å². The van der Waals surface area contributed by atoms with Gasteiger partial charge in [-0.3, -0.25) is 10.1 Å². The predicted octanol–water partition coefficient (Wildman–Crippen LogP) is 2.35. The molecule has 0 fully saturated rings. The molecule has 0 radical (unpaired) electrons. The van der Waals surface area contributed by atoms with E-state index < -0.39 is 0 Å². The van der Waals surface area contributed by atoms with Crippen molar-refractivity contribution in [3.05, 3.63) is 53.3 Å². The molecule has 0 bridgehead atoms. The van der Waals surface area contributed by atoms with Crippen molar-refractivity contribution in [1.82, 2.24) is 19.6 Å². The second kappa shape index (κ2) is 5.88. The van der Waals surface area contributed by atoms with Crippen LogP contribution in [0.5, 0.6) is 0 Å². The van der Waals surface area contributed by atoms with Crippen LogP contribution in [0.1, 0.15) is 12.0 Å². The lowest BCUT2D eigenvalue weighted by molar-refractivity contribution is -0.116. The van der Waals surface area contributed by atoms with Crippen LogP contribution in [0, 0.1) is 0 Å². The third-order valence-corrected chi connectivity index (χ3v) is 3.13. The van der Waals surface area contributed by atoms with E-state index in [2.05, 4.69) is 20.4 Å². The van der Waals surface area contributed by atoms with Crippen LogP contribution < -0.4 is 5.32 Å². The minimum absolute atomic E-state index is 0.147. The highest BCUT2D eigenvalue weighted by molar-refractivity contribution is 6.30. The molecule has 0 spiro atoms. The van der Waals surface area contributed by atoms with Crippen LogP contribution in [-0.2, 0) is 11.2 Å². The van der Waals surface area contributed by atoms with Gasteiger partial charge < -0.3 is 0 Å². The lowest BCUT2D eigenvalue weighted by Crippen LogP contribution is -2.13. The second-order valence-electron chi connectivity index (χ2n) is 4.48. The number of carbonyl (C=O) groups excluding carboxylic acids is 1. The van der Waals surface area contributed by atoms with Crippen molar-refractivity contribution in [2.45, 2.75) is 12.8 Å². The number of anilines is 1. The molecular weight excluding hydrogens is 290 g/mol. The zero-order valence-corrected chi connectivity index (χ0v) is 11.8. The molecular formula is C14H12ClN5O. The normalized spacial score (nSPS) is 10.7. The average Bonchev–Trinajstić information content (AvgIpc) is 2.87. The van der Waals surface area contributed by atoms with E-state index in [4.69, 9.17) is 11.6 Å². The van der Waals surface area contributed by atoms with Crippen molar-refractivity contribution >= 4 is 29.2 Å². The standard InChI is InChI=1S/C14H12ClN5O/c15-11-4-1-3-10(9-11)5-6-12(21)17-13-18-14-16-7-2-8-20(14)19-13/h1-4,7-9H,5-6H2,(H,17,19,21). The van der Waals surface area contributed by atoms with Gasteiger partial charge in [0.25, 0.3) is 11.7 Å². The third-order valence-electron chi connectivity index (χ3n) is 2.90. The van der Waals surface area contributed by atoms with Crippen LogP contribution in [0.25, 0.3) is 5.78 Å². The smallest absolute Gasteiger partial charge is 0.253 e. The van der Waals surface area contributed by atoms with Gasteiger partial charge in [0.05, 0.1) is 0 Å². The Kier molecular flexibility index (Phi) is 3.79. The molecule has 0 aliphatic carbocycles. The van der Waals surface area contributed by atoms with Gasteiger partial charge in [-0.2, -0.15) is 4.98 Å². The SMILES string of the molecule is O=C(CCc1cccc(Cl)c1)Nc1nc2ncccn2n1. The fourth-order valence-corrected chi connectivity index (χ4v) is 2.14. The van der Waals surface area contributed by atoms with Crippen LogP contribution in [0.15, 0.2) is 42.7 Å². The summed E-state index contributed by atoms with van der Waals surface area (Å²) < 4.78 is 1.51. The van der Waals surface area contributed by atoms with E-state index in [1.54, 1.807) is 24.5 Å². The molecule has 0 saturated heterocycles. The molecule has 0 saturated carbocycles. The molecule has 1 amide bonds. The first kappa shape index (κ1) is 13.5. The Morgan fingerprint density at radius 2 is 2.24 bits per heavy atom. The van der Waals surface area contributed by atoms with Crippen molar-refractivity contribution < 1.29 is 4.79 Å². The van der Waals surface area contributed by atoms with Crippen LogP contribution >= 0.6 is 11.6 Å². The van der Waals surface area contributed by atoms with Crippen molar-refractivity contribution in [2.24, 2.45) is 0 Å². The quantitative estimate of drug-likeness (QED) is 0.803. The monoisotopic (exact) mass is 301 g/mol. The molecule has 2 aromatic heterocycles. The maximum atomic E-state index is 11.9. The van der Waals surface area contributed by atoms with E-state index in [1.165, 1.54) is 4.52 Å². The minimum atomic E-state index is -0.147. The molecule has 21 heavy (non-hydrogen) atoms. The van der Waals surface area contributed by atoms with E-state index >= 15 is 0 Å². The number of nitrogens with zero attached hydrogens (tertiary/aromatic N) is 4. The topological polar surface area (TPSA) is 72.2 Å². The molecule has 106 valence electrons. The number of hydrogen-bond donors (Lipinski definition) is 1. The summed E-state index contributed by atoms with van der Waals surface area (Å²) in [6.07, 6.45) is 4.28. The summed E-state index contributed by atoms with van der Waals surface area (Å²) in [7, 11) is 0. The number of halogens is 1. The highest BCUT2D eigenvalue weighted by Gasteiger charge is 2.08. The van der Waals surface area contributed by atoms with E-state index in [0.29, 0.717) is 23.6 Å². The molecule has 6 nitrogen and oxygen atoms in total. The van der Waals surface area contributed by atoms with Crippen molar-refractivity contribution in [1.29, 1.82) is 0 Å². The summed E-state index contributed by atoms with van der Waals surface area (Å²) >= 11 is 5.90. The number of rotatable bonds is 4. The Morgan fingerprint density at radius 1 is 1.33 bits per heavy atom. The van der Waals surface area contributed by atoms with Gasteiger partial charge in [0.1, 0.15) is 0 Å². The first-order chi connectivity index (χ1) is 10.2. The summed E-state index contributed by atoms with van der Waals surface area (Å²) in [5.41, 5.74) is 1.02. The summed E-state index contributed by atoms with van der Waals surface area (Å²) in [5, 5.41) is 7.44. The van der Waals surface area contributed by atoms with Gasteiger partial charge in [0.2, 0.25) is 5.91 Å². The Morgan fingerprint density at radius 3 is 3.05 bits per heavy atom. The van der Waals surface area contributed by atoms with Crippen LogP contribution in [0.3, 0.4) is 0 Å². The zero-order valence-electron chi connectivity index (χ0n) is 11.0. The van der Waals surface area contributed by atoms with Crippen LogP contribution in [-0.4, -0.2) is 25.5 Å². The fourth-order valence-electron chi connectivity index (χ4n) is 1.92. The molecule has 1 aromatic carbocycles. The molecule has 1 N–H and O–H groups in total. The Balaban J connectivity index is 1.61. The van der Waals surface area contributed by atoms with Gasteiger partial charge in [-0.25, -0.2) is 9.50 Å². The highest BCUT2D eigenvalue weighted by atomic mass is 35.5. The second-order valence-corrected chi connectivity index (χ2v) is 4.91. The van der Waals surface area contributed by atoms with Gasteiger partial charge in [0.15, 0.2) is 0 Å². The van der Waals surface area contributed by atoms with Crippen LogP contribution in [0.4, 0.5) is 5.95 Å². The molecule has 2 heterocycles.